The normalized spacial score (nSPS) is 10.4. The summed E-state index contributed by atoms with van der Waals surface area (Å²) in [7, 11) is 1.71. The zero-order valence-electron chi connectivity index (χ0n) is 11.0. The predicted molar refractivity (Wildman–Crippen MR) is 85.1 cm³/mol. The van der Waals surface area contributed by atoms with Crippen molar-refractivity contribution in [3.8, 4) is 5.75 Å². The van der Waals surface area contributed by atoms with Crippen LogP contribution >= 0.6 is 11.8 Å². The molecular formula is C16H18OSSe. The molecule has 0 unspecified atom stereocenters. The Hall–Kier alpha value is -0.891. The summed E-state index contributed by atoms with van der Waals surface area (Å²) in [4.78, 5) is 0. The van der Waals surface area contributed by atoms with E-state index in [-0.39, 0.29) is 0 Å². The number of hydrogen-bond acceptors (Lipinski definition) is 2. The van der Waals surface area contributed by atoms with Crippen LogP contribution in [-0.2, 0) is 11.1 Å². The third-order valence-corrected chi connectivity index (χ3v) is 6.80. The maximum absolute atomic E-state index is 5.16. The van der Waals surface area contributed by atoms with Crippen molar-refractivity contribution in [1.29, 1.82) is 0 Å². The monoisotopic (exact) mass is 338 g/mol. The van der Waals surface area contributed by atoms with Crippen molar-refractivity contribution in [2.24, 2.45) is 0 Å². The van der Waals surface area contributed by atoms with Crippen molar-refractivity contribution in [2.75, 3.05) is 11.8 Å². The van der Waals surface area contributed by atoms with Gasteiger partial charge in [0.2, 0.25) is 0 Å². The predicted octanol–water partition coefficient (Wildman–Crippen LogP) is 3.79. The Morgan fingerprint density at radius 1 is 0.947 bits per heavy atom. The van der Waals surface area contributed by atoms with Crippen LogP contribution in [0.25, 0.3) is 0 Å². The van der Waals surface area contributed by atoms with Gasteiger partial charge in [-0.1, -0.05) is 0 Å². The molecule has 0 spiro atoms. The van der Waals surface area contributed by atoms with Gasteiger partial charge < -0.3 is 0 Å². The summed E-state index contributed by atoms with van der Waals surface area (Å²) in [5.41, 5.74) is 2.84. The fourth-order valence-electron chi connectivity index (χ4n) is 1.67. The minimum atomic E-state index is 0.675. The topological polar surface area (TPSA) is 9.23 Å². The minimum absolute atomic E-state index is 0.675. The Morgan fingerprint density at radius 2 is 1.68 bits per heavy atom. The Balaban J connectivity index is 1.63. The van der Waals surface area contributed by atoms with E-state index in [1.54, 1.807) is 7.11 Å². The molecule has 0 heterocycles. The summed E-state index contributed by atoms with van der Waals surface area (Å²) in [5.74, 6) is 2.07. The van der Waals surface area contributed by atoms with Crippen LogP contribution in [0, 0.1) is 0 Å². The second kappa shape index (κ2) is 8.31. The first-order chi connectivity index (χ1) is 9.38. The molecule has 2 rings (SSSR count). The fourth-order valence-corrected chi connectivity index (χ4v) is 5.08. The van der Waals surface area contributed by atoms with Gasteiger partial charge in [0, 0.05) is 0 Å². The number of methoxy groups -OCH3 is 1. The van der Waals surface area contributed by atoms with Crippen molar-refractivity contribution in [3.63, 3.8) is 0 Å². The van der Waals surface area contributed by atoms with E-state index in [1.165, 1.54) is 21.1 Å². The number of rotatable bonds is 7. The molecule has 0 amide bonds. The van der Waals surface area contributed by atoms with Gasteiger partial charge in [0.1, 0.15) is 0 Å². The first kappa shape index (κ1) is 14.5. The van der Waals surface area contributed by atoms with Gasteiger partial charge in [0.15, 0.2) is 0 Å². The van der Waals surface area contributed by atoms with Crippen molar-refractivity contribution in [2.45, 2.75) is 11.1 Å². The van der Waals surface area contributed by atoms with E-state index in [0.29, 0.717) is 15.0 Å². The Bertz CT molecular complexity index is 470. The van der Waals surface area contributed by atoms with E-state index in [1.807, 2.05) is 23.9 Å². The van der Waals surface area contributed by atoms with E-state index in [9.17, 15) is 0 Å². The quantitative estimate of drug-likeness (QED) is 0.562. The summed E-state index contributed by atoms with van der Waals surface area (Å²) in [5, 5.41) is 1.21. The van der Waals surface area contributed by atoms with E-state index in [4.69, 9.17) is 4.74 Å². The van der Waals surface area contributed by atoms with Crippen molar-refractivity contribution >= 4 is 26.7 Å². The summed E-state index contributed by atoms with van der Waals surface area (Å²) >= 11 is 2.71. The first-order valence-corrected chi connectivity index (χ1v) is 9.78. The summed E-state index contributed by atoms with van der Waals surface area (Å²) in [6, 6.07) is 19.1. The van der Waals surface area contributed by atoms with Crippen molar-refractivity contribution < 1.29 is 4.74 Å². The van der Waals surface area contributed by atoms with Crippen LogP contribution in [0.3, 0.4) is 0 Å². The van der Waals surface area contributed by atoms with Crippen LogP contribution in [0.4, 0.5) is 0 Å². The molecule has 3 heteroatoms. The Kier molecular flexibility index (Phi) is 6.35. The van der Waals surface area contributed by atoms with Crippen LogP contribution in [0.15, 0.2) is 54.6 Å². The van der Waals surface area contributed by atoms with Crippen LogP contribution in [-0.4, -0.2) is 26.7 Å². The molecule has 0 saturated heterocycles. The molecule has 0 N–H and O–H groups in total. The molecule has 0 bridgehead atoms. The fraction of sp³-hybridized carbons (Fsp3) is 0.250. The maximum atomic E-state index is 5.16. The van der Waals surface area contributed by atoms with Crippen molar-refractivity contribution in [1.82, 2.24) is 0 Å². The molecule has 0 aliphatic heterocycles. The van der Waals surface area contributed by atoms with Gasteiger partial charge >= 0.3 is 126 Å². The van der Waals surface area contributed by atoms with E-state index >= 15 is 0 Å². The number of benzene rings is 2. The zero-order chi connectivity index (χ0) is 13.3. The van der Waals surface area contributed by atoms with E-state index in [0.717, 1.165) is 11.5 Å². The molecule has 1 nitrogen and oxygen atoms in total. The molecule has 0 aliphatic carbocycles. The van der Waals surface area contributed by atoms with Gasteiger partial charge in [-0.25, -0.2) is 0 Å². The van der Waals surface area contributed by atoms with Crippen LogP contribution in [0.1, 0.15) is 11.1 Å². The third kappa shape index (κ3) is 5.31. The van der Waals surface area contributed by atoms with Gasteiger partial charge in [0.05, 0.1) is 0 Å². The van der Waals surface area contributed by atoms with Gasteiger partial charge in [-0.15, -0.1) is 0 Å². The molecule has 0 atom stereocenters. The zero-order valence-corrected chi connectivity index (χ0v) is 13.6. The molecule has 0 aliphatic rings. The van der Waals surface area contributed by atoms with E-state index in [2.05, 4.69) is 42.5 Å². The molecule has 100 valence electrons. The summed E-state index contributed by atoms with van der Waals surface area (Å²) < 4.78 is 6.43. The second-order valence-corrected chi connectivity index (χ2v) is 8.03. The molecule has 2 aromatic rings. The molecule has 2 aromatic carbocycles. The summed E-state index contributed by atoms with van der Waals surface area (Å²) in [6.07, 6.45) is 0. The molecule has 19 heavy (non-hydrogen) atoms. The number of thioether (sulfide) groups is 1. The molecule has 0 fully saturated rings. The van der Waals surface area contributed by atoms with Crippen LogP contribution in [0.5, 0.6) is 5.75 Å². The average Bonchev–Trinajstić information content (AvgIpc) is 2.49. The number of hydrogen-bond donors (Lipinski definition) is 0. The Labute approximate surface area is 125 Å². The van der Waals surface area contributed by atoms with E-state index < -0.39 is 0 Å². The van der Waals surface area contributed by atoms with Gasteiger partial charge in [-0.3, -0.25) is 0 Å². The van der Waals surface area contributed by atoms with Gasteiger partial charge in [-0.2, -0.15) is 0 Å². The van der Waals surface area contributed by atoms with Crippen LogP contribution in [0.2, 0.25) is 0 Å². The molecule has 0 radical (unpaired) electrons. The second-order valence-electron chi connectivity index (χ2n) is 4.15. The van der Waals surface area contributed by atoms with Gasteiger partial charge in [-0.05, 0) is 0 Å². The van der Waals surface area contributed by atoms with Gasteiger partial charge in [0.25, 0.3) is 0 Å². The third-order valence-electron chi connectivity index (χ3n) is 2.71. The molecule has 0 aromatic heterocycles. The first-order valence-electron chi connectivity index (χ1n) is 6.21. The SMILES string of the molecule is COc1ccc(C[Se]CSCc2ccccc2)cc1. The number of ether oxygens (including phenoxy) is 1. The summed E-state index contributed by atoms with van der Waals surface area (Å²) in [6.45, 7) is 0. The average molecular weight is 337 g/mol. The van der Waals surface area contributed by atoms with Crippen LogP contribution < -0.4 is 4.74 Å². The Morgan fingerprint density at radius 3 is 2.37 bits per heavy atom. The molecular weight excluding hydrogens is 319 g/mol. The van der Waals surface area contributed by atoms with Crippen molar-refractivity contribution in [3.05, 3.63) is 65.7 Å². The standard InChI is InChI=1S/C16H18OSSe/c1-17-16-9-7-15(8-10-16)12-19-13-18-11-14-5-3-2-4-6-14/h2-10H,11-13H2,1H3. The molecule has 0 saturated carbocycles.